The summed E-state index contributed by atoms with van der Waals surface area (Å²) < 4.78 is 6.01. The molecule has 31 heavy (non-hydrogen) atoms. The Kier molecular flexibility index (Phi) is 5.18. The Morgan fingerprint density at radius 1 is 1.23 bits per heavy atom. The van der Waals surface area contributed by atoms with Crippen molar-refractivity contribution >= 4 is 17.5 Å². The highest BCUT2D eigenvalue weighted by atomic mass is 16.5. The standard InChI is InChI=1S/C25H29N3O3/c1-17-14-25(15-17)24(30)27-21-13-19(7-8-22(21)31-25)23(29)26-10-4-11-28-12-9-18-5-2-3-6-20(18)16-28/h2-3,5-8,13,17H,4,9-12,14-16H2,1H3,(H,26,29)(H,27,30). The Bertz CT molecular complexity index is 1010. The molecule has 2 aromatic carbocycles. The molecule has 0 radical (unpaired) electrons. The third-order valence-electron chi connectivity index (χ3n) is 6.71. The van der Waals surface area contributed by atoms with Crippen LogP contribution in [0.3, 0.4) is 0 Å². The van der Waals surface area contributed by atoms with Crippen molar-refractivity contribution in [3.8, 4) is 5.75 Å². The molecule has 2 aliphatic heterocycles. The van der Waals surface area contributed by atoms with E-state index in [-0.39, 0.29) is 11.8 Å². The molecule has 1 aliphatic carbocycles. The molecule has 1 fully saturated rings. The summed E-state index contributed by atoms with van der Waals surface area (Å²) >= 11 is 0. The van der Waals surface area contributed by atoms with Gasteiger partial charge in [-0.05, 0) is 60.9 Å². The molecule has 6 heteroatoms. The van der Waals surface area contributed by atoms with Crippen LogP contribution in [0.5, 0.6) is 5.75 Å². The minimum atomic E-state index is -0.717. The molecule has 2 N–H and O–H groups in total. The number of fused-ring (bicyclic) bond motifs is 2. The van der Waals surface area contributed by atoms with Crippen molar-refractivity contribution in [3.05, 3.63) is 59.2 Å². The Labute approximate surface area is 183 Å². The van der Waals surface area contributed by atoms with Gasteiger partial charge >= 0.3 is 0 Å². The lowest BCUT2D eigenvalue weighted by Crippen LogP contribution is -2.58. The van der Waals surface area contributed by atoms with Gasteiger partial charge in [-0.3, -0.25) is 14.5 Å². The van der Waals surface area contributed by atoms with E-state index in [4.69, 9.17) is 4.74 Å². The fraction of sp³-hybridized carbons (Fsp3) is 0.440. The zero-order valence-corrected chi connectivity index (χ0v) is 17.9. The number of ether oxygens (including phenoxy) is 1. The fourth-order valence-electron chi connectivity index (χ4n) is 5.04. The second-order valence-corrected chi connectivity index (χ2v) is 9.18. The summed E-state index contributed by atoms with van der Waals surface area (Å²) in [5.41, 5.74) is 3.26. The lowest BCUT2D eigenvalue weighted by atomic mass is 9.70. The van der Waals surface area contributed by atoms with Crippen molar-refractivity contribution in [3.63, 3.8) is 0 Å². The molecular formula is C25H29N3O3. The number of nitrogens with one attached hydrogen (secondary N) is 2. The van der Waals surface area contributed by atoms with Gasteiger partial charge in [0.1, 0.15) is 5.75 Å². The van der Waals surface area contributed by atoms with Crippen LogP contribution >= 0.6 is 0 Å². The summed E-state index contributed by atoms with van der Waals surface area (Å²) in [4.78, 5) is 27.5. The van der Waals surface area contributed by atoms with Crippen LogP contribution in [0.1, 0.15) is 47.7 Å². The van der Waals surface area contributed by atoms with Gasteiger partial charge in [-0.2, -0.15) is 0 Å². The number of amides is 2. The molecule has 0 aromatic heterocycles. The molecule has 0 bridgehead atoms. The number of carbonyl (C=O) groups is 2. The largest absolute Gasteiger partial charge is 0.475 e. The van der Waals surface area contributed by atoms with E-state index in [1.165, 1.54) is 11.1 Å². The van der Waals surface area contributed by atoms with E-state index in [9.17, 15) is 9.59 Å². The minimum Gasteiger partial charge on any atom is -0.475 e. The SMILES string of the molecule is CC1CC2(C1)Oc1ccc(C(=O)NCCCN3CCc4ccccc4C3)cc1NC2=O. The highest BCUT2D eigenvalue weighted by Gasteiger charge is 2.53. The molecule has 6 nitrogen and oxygen atoms in total. The molecule has 2 aromatic rings. The van der Waals surface area contributed by atoms with Crippen molar-refractivity contribution in [2.75, 3.05) is 25.0 Å². The lowest BCUT2D eigenvalue weighted by Gasteiger charge is -2.47. The van der Waals surface area contributed by atoms with Crippen LogP contribution < -0.4 is 15.4 Å². The molecule has 162 valence electrons. The van der Waals surface area contributed by atoms with E-state index in [0.29, 0.717) is 29.5 Å². The average molecular weight is 420 g/mol. The maximum absolute atomic E-state index is 12.6. The zero-order chi connectivity index (χ0) is 21.4. The van der Waals surface area contributed by atoms with Gasteiger partial charge in [0.15, 0.2) is 5.60 Å². The second-order valence-electron chi connectivity index (χ2n) is 9.18. The first-order valence-electron chi connectivity index (χ1n) is 11.2. The Hall–Kier alpha value is -2.86. The third kappa shape index (κ3) is 3.92. The summed E-state index contributed by atoms with van der Waals surface area (Å²) in [5, 5.41) is 5.94. The molecule has 1 spiro atoms. The summed E-state index contributed by atoms with van der Waals surface area (Å²) in [5.74, 6) is 0.919. The molecule has 0 atom stereocenters. The van der Waals surface area contributed by atoms with E-state index >= 15 is 0 Å². The second kappa shape index (κ2) is 8.00. The van der Waals surface area contributed by atoms with Gasteiger partial charge in [0, 0.05) is 31.7 Å². The van der Waals surface area contributed by atoms with E-state index in [2.05, 4.69) is 46.7 Å². The summed E-state index contributed by atoms with van der Waals surface area (Å²) in [6.07, 6.45) is 3.47. The molecule has 3 aliphatic rings. The maximum Gasteiger partial charge on any atom is 0.268 e. The van der Waals surface area contributed by atoms with Gasteiger partial charge in [0.2, 0.25) is 0 Å². The van der Waals surface area contributed by atoms with Gasteiger partial charge in [-0.15, -0.1) is 0 Å². The summed E-state index contributed by atoms with van der Waals surface area (Å²) in [6, 6.07) is 13.9. The van der Waals surface area contributed by atoms with Gasteiger partial charge in [-0.25, -0.2) is 0 Å². The number of hydrogen-bond donors (Lipinski definition) is 2. The van der Waals surface area contributed by atoms with Crippen molar-refractivity contribution in [2.24, 2.45) is 5.92 Å². The smallest absolute Gasteiger partial charge is 0.268 e. The first-order chi connectivity index (χ1) is 15.0. The zero-order valence-electron chi connectivity index (χ0n) is 17.9. The number of benzene rings is 2. The van der Waals surface area contributed by atoms with Gasteiger partial charge in [-0.1, -0.05) is 31.2 Å². The number of nitrogens with zero attached hydrogens (tertiary/aromatic N) is 1. The van der Waals surface area contributed by atoms with E-state index in [0.717, 1.165) is 45.3 Å². The average Bonchev–Trinajstić information content (AvgIpc) is 2.76. The maximum atomic E-state index is 12.6. The Morgan fingerprint density at radius 2 is 2.03 bits per heavy atom. The number of anilines is 1. The predicted octanol–water partition coefficient (Wildman–Crippen LogP) is 3.36. The number of hydrogen-bond acceptors (Lipinski definition) is 4. The molecule has 0 unspecified atom stereocenters. The van der Waals surface area contributed by atoms with Crippen LogP contribution in [-0.2, 0) is 17.8 Å². The van der Waals surface area contributed by atoms with Crippen LogP contribution in [0.15, 0.2) is 42.5 Å². The summed E-state index contributed by atoms with van der Waals surface area (Å²) in [7, 11) is 0. The molecule has 2 heterocycles. The molecule has 0 saturated heterocycles. The highest BCUT2D eigenvalue weighted by Crippen LogP contribution is 2.46. The summed E-state index contributed by atoms with van der Waals surface area (Å²) in [6.45, 7) is 5.75. The van der Waals surface area contributed by atoms with Crippen molar-refractivity contribution in [1.29, 1.82) is 0 Å². The van der Waals surface area contributed by atoms with Crippen LogP contribution in [-0.4, -0.2) is 41.9 Å². The van der Waals surface area contributed by atoms with Crippen molar-refractivity contribution in [2.45, 2.75) is 44.8 Å². The lowest BCUT2D eigenvalue weighted by molar-refractivity contribution is -0.144. The van der Waals surface area contributed by atoms with Crippen LogP contribution in [0, 0.1) is 5.92 Å². The Morgan fingerprint density at radius 3 is 2.84 bits per heavy atom. The van der Waals surface area contributed by atoms with E-state index in [1.807, 2.05) is 0 Å². The highest BCUT2D eigenvalue weighted by molar-refractivity contribution is 6.03. The number of carbonyl (C=O) groups excluding carboxylic acids is 2. The van der Waals surface area contributed by atoms with Crippen LogP contribution in [0.4, 0.5) is 5.69 Å². The van der Waals surface area contributed by atoms with Crippen molar-refractivity contribution in [1.82, 2.24) is 10.2 Å². The third-order valence-corrected chi connectivity index (χ3v) is 6.71. The van der Waals surface area contributed by atoms with Gasteiger partial charge < -0.3 is 15.4 Å². The van der Waals surface area contributed by atoms with Gasteiger partial charge in [0.05, 0.1) is 5.69 Å². The minimum absolute atomic E-state index is 0.0984. The Balaban J connectivity index is 1.12. The topological polar surface area (TPSA) is 70.7 Å². The van der Waals surface area contributed by atoms with E-state index < -0.39 is 5.60 Å². The molecule has 5 rings (SSSR count). The fourth-order valence-corrected chi connectivity index (χ4v) is 5.04. The first-order valence-corrected chi connectivity index (χ1v) is 11.2. The quantitative estimate of drug-likeness (QED) is 0.729. The molecule has 2 amide bonds. The van der Waals surface area contributed by atoms with Crippen LogP contribution in [0.2, 0.25) is 0 Å². The predicted molar refractivity (Wildman–Crippen MR) is 119 cm³/mol. The first kappa shape index (κ1) is 20.1. The van der Waals surface area contributed by atoms with E-state index in [1.54, 1.807) is 18.2 Å². The normalized spacial score (nSPS) is 24.4. The molecule has 1 saturated carbocycles. The van der Waals surface area contributed by atoms with Crippen LogP contribution in [0.25, 0.3) is 0 Å². The monoisotopic (exact) mass is 419 g/mol. The number of rotatable bonds is 5. The van der Waals surface area contributed by atoms with Gasteiger partial charge in [0.25, 0.3) is 11.8 Å². The van der Waals surface area contributed by atoms with Crippen molar-refractivity contribution < 1.29 is 14.3 Å². The molecular weight excluding hydrogens is 390 g/mol.